The number of ether oxygens (including phenoxy) is 1. The second-order valence-corrected chi connectivity index (χ2v) is 3.91. The first kappa shape index (κ1) is 13.1. The van der Waals surface area contributed by atoms with Crippen molar-refractivity contribution in [3.8, 4) is 5.75 Å². The summed E-state index contributed by atoms with van der Waals surface area (Å²) in [6, 6.07) is 6.67. The molecule has 2 rings (SSSR count). The van der Waals surface area contributed by atoms with Crippen LogP contribution in [0, 0.1) is 5.82 Å². The molecule has 0 aliphatic heterocycles. The van der Waals surface area contributed by atoms with Crippen molar-refractivity contribution in [2.24, 2.45) is 0 Å². The molecule has 0 aliphatic carbocycles. The van der Waals surface area contributed by atoms with Crippen LogP contribution in [-0.4, -0.2) is 23.6 Å². The average Bonchev–Trinajstić information content (AvgIpc) is 2.41. The van der Waals surface area contributed by atoms with Gasteiger partial charge in [-0.2, -0.15) is 0 Å². The van der Waals surface area contributed by atoms with Crippen molar-refractivity contribution in [2.75, 3.05) is 24.7 Å². The van der Waals surface area contributed by atoms with Crippen LogP contribution in [0.2, 0.25) is 0 Å². The molecule has 0 atom stereocenters. The van der Waals surface area contributed by atoms with Crippen LogP contribution in [0.4, 0.5) is 16.0 Å². The van der Waals surface area contributed by atoms with E-state index in [1.165, 1.54) is 19.5 Å². The van der Waals surface area contributed by atoms with Crippen molar-refractivity contribution in [3.05, 3.63) is 42.0 Å². The largest absolute Gasteiger partial charge is 0.490 e. The first-order chi connectivity index (χ1) is 9.22. The van der Waals surface area contributed by atoms with E-state index in [1.54, 1.807) is 12.1 Å². The number of methoxy groups -OCH3 is 1. The number of hydrogen-bond donors (Lipinski definition) is 2. The van der Waals surface area contributed by atoms with Gasteiger partial charge in [-0.3, -0.25) is 0 Å². The van der Waals surface area contributed by atoms with Gasteiger partial charge in [0.15, 0.2) is 11.6 Å². The van der Waals surface area contributed by atoms with Gasteiger partial charge in [0.05, 0.1) is 7.11 Å². The summed E-state index contributed by atoms with van der Waals surface area (Å²) in [4.78, 5) is 7.88. The Kier molecular flexibility index (Phi) is 4.12. The lowest BCUT2D eigenvalue weighted by molar-refractivity contribution is 0.415. The molecule has 0 saturated heterocycles. The zero-order valence-corrected chi connectivity index (χ0v) is 10.6. The van der Waals surface area contributed by atoms with Gasteiger partial charge in [-0.25, -0.2) is 14.4 Å². The second-order valence-electron chi connectivity index (χ2n) is 3.91. The normalized spacial score (nSPS) is 10.2. The van der Waals surface area contributed by atoms with Crippen molar-refractivity contribution in [1.29, 1.82) is 0 Å². The molecule has 2 aromatic rings. The maximum atomic E-state index is 13.4. The van der Waals surface area contributed by atoms with Gasteiger partial charge in [0.2, 0.25) is 5.75 Å². The molecule has 100 valence electrons. The van der Waals surface area contributed by atoms with Gasteiger partial charge in [-0.05, 0) is 18.1 Å². The highest BCUT2D eigenvalue weighted by atomic mass is 19.1. The Morgan fingerprint density at radius 2 is 2.11 bits per heavy atom. The lowest BCUT2D eigenvalue weighted by Gasteiger charge is -2.11. The van der Waals surface area contributed by atoms with E-state index in [0.717, 1.165) is 0 Å². The van der Waals surface area contributed by atoms with Crippen LogP contribution >= 0.6 is 0 Å². The third-order valence-electron chi connectivity index (χ3n) is 2.68. The minimum atomic E-state index is -0.210. The topological polar surface area (TPSA) is 73.1 Å². The molecule has 5 nitrogen and oxygen atoms in total. The first-order valence-electron chi connectivity index (χ1n) is 5.84. The lowest BCUT2D eigenvalue weighted by atomic mass is 10.1. The Labute approximate surface area is 110 Å². The average molecular weight is 262 g/mol. The molecule has 0 radical (unpaired) electrons. The Hall–Kier alpha value is -2.37. The van der Waals surface area contributed by atoms with E-state index in [-0.39, 0.29) is 11.6 Å². The maximum absolute atomic E-state index is 13.4. The maximum Gasteiger partial charge on any atom is 0.203 e. The van der Waals surface area contributed by atoms with E-state index >= 15 is 0 Å². The van der Waals surface area contributed by atoms with Crippen LogP contribution in [0.15, 0.2) is 30.6 Å². The second kappa shape index (κ2) is 5.99. The van der Waals surface area contributed by atoms with E-state index in [4.69, 9.17) is 10.5 Å². The minimum Gasteiger partial charge on any atom is -0.490 e. The Balaban J connectivity index is 2.00. The molecule has 19 heavy (non-hydrogen) atoms. The molecule has 6 heteroatoms. The van der Waals surface area contributed by atoms with Gasteiger partial charge in [0, 0.05) is 6.54 Å². The van der Waals surface area contributed by atoms with Crippen LogP contribution in [0.5, 0.6) is 5.75 Å². The molecule has 3 N–H and O–H groups in total. The van der Waals surface area contributed by atoms with Crippen LogP contribution in [-0.2, 0) is 6.42 Å². The minimum absolute atomic E-state index is 0.210. The zero-order chi connectivity index (χ0) is 13.7. The van der Waals surface area contributed by atoms with Gasteiger partial charge in [0.1, 0.15) is 12.1 Å². The molecule has 0 saturated carbocycles. The fourth-order valence-corrected chi connectivity index (χ4v) is 1.73. The fraction of sp³-hybridized carbons (Fsp3) is 0.231. The molecule has 1 aromatic carbocycles. The molecule has 0 spiro atoms. The van der Waals surface area contributed by atoms with Crippen molar-refractivity contribution in [1.82, 2.24) is 9.97 Å². The van der Waals surface area contributed by atoms with Crippen molar-refractivity contribution < 1.29 is 9.13 Å². The SMILES string of the molecule is COc1c(N)ncnc1NCCc1ccccc1F. The van der Waals surface area contributed by atoms with Gasteiger partial charge in [0.25, 0.3) is 0 Å². The third-order valence-corrected chi connectivity index (χ3v) is 2.68. The van der Waals surface area contributed by atoms with E-state index in [1.807, 2.05) is 6.07 Å². The van der Waals surface area contributed by atoms with Crippen LogP contribution in [0.1, 0.15) is 5.56 Å². The van der Waals surface area contributed by atoms with Crippen LogP contribution < -0.4 is 15.8 Å². The summed E-state index contributed by atoms with van der Waals surface area (Å²) in [6.45, 7) is 0.522. The van der Waals surface area contributed by atoms with E-state index < -0.39 is 0 Å². The summed E-state index contributed by atoms with van der Waals surface area (Å²) in [6.07, 6.45) is 1.89. The highest BCUT2D eigenvalue weighted by Gasteiger charge is 2.09. The number of nitrogens with zero attached hydrogens (tertiary/aromatic N) is 2. The zero-order valence-electron chi connectivity index (χ0n) is 10.6. The van der Waals surface area contributed by atoms with Crippen LogP contribution in [0.3, 0.4) is 0 Å². The fourth-order valence-electron chi connectivity index (χ4n) is 1.73. The number of anilines is 2. The smallest absolute Gasteiger partial charge is 0.203 e. The number of rotatable bonds is 5. The van der Waals surface area contributed by atoms with Crippen LogP contribution in [0.25, 0.3) is 0 Å². The number of halogens is 1. The quantitative estimate of drug-likeness (QED) is 0.860. The molecule has 0 unspecified atom stereocenters. The number of benzene rings is 1. The summed E-state index contributed by atoms with van der Waals surface area (Å²) in [5.41, 5.74) is 6.31. The predicted octanol–water partition coefficient (Wildman–Crippen LogP) is 1.86. The molecular weight excluding hydrogens is 247 g/mol. The highest BCUT2D eigenvalue weighted by molar-refractivity contribution is 5.61. The van der Waals surface area contributed by atoms with Gasteiger partial charge < -0.3 is 15.8 Å². The van der Waals surface area contributed by atoms with E-state index in [9.17, 15) is 4.39 Å². The number of nitrogens with one attached hydrogen (secondary N) is 1. The molecule has 0 aliphatic rings. The van der Waals surface area contributed by atoms with E-state index in [2.05, 4.69) is 15.3 Å². The van der Waals surface area contributed by atoms with Crippen molar-refractivity contribution >= 4 is 11.6 Å². The summed E-state index contributed by atoms with van der Waals surface area (Å²) < 4.78 is 18.5. The summed E-state index contributed by atoms with van der Waals surface area (Å²) in [5, 5.41) is 3.06. The highest BCUT2D eigenvalue weighted by Crippen LogP contribution is 2.26. The Bertz CT molecular complexity index is 562. The predicted molar refractivity (Wildman–Crippen MR) is 71.6 cm³/mol. The summed E-state index contributed by atoms with van der Waals surface area (Å²) in [5.74, 6) is 0.965. The Morgan fingerprint density at radius 3 is 2.84 bits per heavy atom. The van der Waals surface area contributed by atoms with E-state index in [0.29, 0.717) is 30.1 Å². The molecule has 0 fully saturated rings. The van der Waals surface area contributed by atoms with Crippen molar-refractivity contribution in [3.63, 3.8) is 0 Å². The Morgan fingerprint density at radius 1 is 1.32 bits per heavy atom. The summed E-state index contributed by atoms with van der Waals surface area (Å²) in [7, 11) is 1.50. The standard InChI is InChI=1S/C13H15FN4O/c1-19-11-12(15)17-8-18-13(11)16-7-6-9-4-2-3-5-10(9)14/h2-5,8H,6-7H2,1H3,(H3,15,16,17,18). The molecule has 0 amide bonds. The number of nitrogens with two attached hydrogens (primary N) is 1. The van der Waals surface area contributed by atoms with Crippen molar-refractivity contribution in [2.45, 2.75) is 6.42 Å². The summed E-state index contributed by atoms with van der Waals surface area (Å²) >= 11 is 0. The molecule has 1 aromatic heterocycles. The van der Waals surface area contributed by atoms with Gasteiger partial charge in [-0.15, -0.1) is 0 Å². The van der Waals surface area contributed by atoms with Gasteiger partial charge >= 0.3 is 0 Å². The number of aromatic nitrogens is 2. The van der Waals surface area contributed by atoms with Gasteiger partial charge in [-0.1, -0.05) is 18.2 Å². The molecule has 1 heterocycles. The number of nitrogen functional groups attached to an aromatic ring is 1. The lowest BCUT2D eigenvalue weighted by Crippen LogP contribution is -2.10. The first-order valence-corrected chi connectivity index (χ1v) is 5.84. The number of hydrogen-bond acceptors (Lipinski definition) is 5. The molecule has 0 bridgehead atoms. The monoisotopic (exact) mass is 262 g/mol. The third kappa shape index (κ3) is 3.09. The molecular formula is C13H15FN4O.